The lowest BCUT2D eigenvalue weighted by atomic mass is 10.4. The summed E-state index contributed by atoms with van der Waals surface area (Å²) in [4.78, 5) is 9.45. The number of rotatable bonds is 1. The van der Waals surface area contributed by atoms with E-state index in [1.807, 2.05) is 36.4 Å². The highest BCUT2D eigenvalue weighted by molar-refractivity contribution is 6.67. The first-order valence-corrected chi connectivity index (χ1v) is 3.93. The second-order valence-corrected chi connectivity index (χ2v) is 2.33. The minimum atomic E-state index is -0.508. The molecule has 3 heteroatoms. The second-order valence-electron chi connectivity index (χ2n) is 1.64. The maximum Gasteiger partial charge on any atom is 0.236 e. The van der Waals surface area contributed by atoms with Crippen molar-refractivity contribution in [3.8, 4) is 0 Å². The fourth-order valence-corrected chi connectivity index (χ4v) is 0.385. The molecule has 0 aliphatic carbocycles. The maximum atomic E-state index is 9.45. The number of carbonyl (C=O) groups is 1. The van der Waals surface area contributed by atoms with Crippen molar-refractivity contribution in [2.45, 2.75) is 0 Å². The van der Waals surface area contributed by atoms with Crippen LogP contribution < -0.4 is 0 Å². The Labute approximate surface area is 75.9 Å². The van der Waals surface area contributed by atoms with Gasteiger partial charge in [0.05, 0.1) is 5.88 Å². The summed E-state index contributed by atoms with van der Waals surface area (Å²) >= 11 is 9.55. The molecule has 1 aromatic rings. The quantitative estimate of drug-likeness (QED) is 0.492. The molecule has 0 N–H and O–H groups in total. The summed E-state index contributed by atoms with van der Waals surface area (Å²) < 4.78 is 0. The highest BCUT2D eigenvalue weighted by Crippen LogP contribution is 1.80. The van der Waals surface area contributed by atoms with E-state index in [4.69, 9.17) is 23.2 Å². The fraction of sp³-hybridized carbons (Fsp3) is 0.125. The number of benzene rings is 1. The normalized spacial score (nSPS) is 7.82. The van der Waals surface area contributed by atoms with Gasteiger partial charge in [-0.2, -0.15) is 0 Å². The maximum absolute atomic E-state index is 9.45. The highest BCUT2D eigenvalue weighted by Gasteiger charge is 1.83. The van der Waals surface area contributed by atoms with E-state index in [1.54, 1.807) is 0 Å². The van der Waals surface area contributed by atoms with Crippen molar-refractivity contribution in [1.82, 2.24) is 0 Å². The van der Waals surface area contributed by atoms with Gasteiger partial charge in [-0.25, -0.2) is 0 Å². The average Bonchev–Trinajstić information content (AvgIpc) is 2.09. The Morgan fingerprint density at radius 1 is 1.00 bits per heavy atom. The molecule has 1 aromatic carbocycles. The molecule has 0 aliphatic rings. The van der Waals surface area contributed by atoms with Crippen LogP contribution in [0.2, 0.25) is 0 Å². The van der Waals surface area contributed by atoms with Gasteiger partial charge in [0.15, 0.2) is 0 Å². The molecule has 0 aliphatic heterocycles. The smallest absolute Gasteiger partial charge is 0.236 e. The van der Waals surface area contributed by atoms with E-state index in [2.05, 4.69) is 0 Å². The Balaban J connectivity index is 0.000000187. The fourth-order valence-electron chi connectivity index (χ4n) is 0.385. The standard InChI is InChI=1S/C6H6.C2H2Cl2O/c1-2-4-6-5-3-1;3-1-2(4)5/h1-6H;1H2. The van der Waals surface area contributed by atoms with Crippen LogP contribution in [0.25, 0.3) is 0 Å². The van der Waals surface area contributed by atoms with Crippen LogP contribution >= 0.6 is 23.2 Å². The Bertz CT molecular complexity index is 160. The van der Waals surface area contributed by atoms with Gasteiger partial charge in [0.25, 0.3) is 0 Å². The molecule has 0 atom stereocenters. The predicted octanol–water partition coefficient (Wildman–Crippen LogP) is 2.68. The molecule has 1 rings (SSSR count). The molecule has 0 unspecified atom stereocenters. The molecule has 0 heterocycles. The molecule has 0 aromatic heterocycles. The Kier molecular flexibility index (Phi) is 7.21. The molecule has 0 radical (unpaired) electrons. The number of hydrogen-bond donors (Lipinski definition) is 0. The van der Waals surface area contributed by atoms with E-state index in [1.165, 1.54) is 0 Å². The number of hydrogen-bond acceptors (Lipinski definition) is 1. The third-order valence-corrected chi connectivity index (χ3v) is 1.28. The Morgan fingerprint density at radius 3 is 1.27 bits per heavy atom. The third-order valence-electron chi connectivity index (χ3n) is 0.772. The minimum Gasteiger partial charge on any atom is -0.280 e. The largest absolute Gasteiger partial charge is 0.280 e. The Morgan fingerprint density at radius 2 is 1.18 bits per heavy atom. The van der Waals surface area contributed by atoms with Crippen molar-refractivity contribution in [3.63, 3.8) is 0 Å². The van der Waals surface area contributed by atoms with Gasteiger partial charge in [-0.1, -0.05) is 36.4 Å². The average molecular weight is 191 g/mol. The van der Waals surface area contributed by atoms with Crippen LogP contribution in [0.5, 0.6) is 0 Å². The summed E-state index contributed by atoms with van der Waals surface area (Å²) in [5.74, 6) is -0.0957. The summed E-state index contributed by atoms with van der Waals surface area (Å²) in [7, 11) is 0. The van der Waals surface area contributed by atoms with Gasteiger partial charge >= 0.3 is 0 Å². The van der Waals surface area contributed by atoms with Crippen LogP contribution in [0.4, 0.5) is 0 Å². The van der Waals surface area contributed by atoms with Crippen LogP contribution in [0, 0.1) is 0 Å². The van der Waals surface area contributed by atoms with Gasteiger partial charge in [-0.15, -0.1) is 11.6 Å². The first-order chi connectivity index (χ1) is 5.27. The third kappa shape index (κ3) is 9.47. The number of alkyl halides is 1. The molecule has 0 fully saturated rings. The molecular weight excluding hydrogens is 183 g/mol. The van der Waals surface area contributed by atoms with E-state index in [-0.39, 0.29) is 5.88 Å². The topological polar surface area (TPSA) is 17.1 Å². The summed E-state index contributed by atoms with van der Waals surface area (Å²) in [6.45, 7) is 0. The zero-order chi connectivity index (χ0) is 8.53. The zero-order valence-electron chi connectivity index (χ0n) is 5.84. The van der Waals surface area contributed by atoms with Gasteiger partial charge in [-0.3, -0.25) is 4.79 Å². The molecule has 1 nitrogen and oxygen atoms in total. The van der Waals surface area contributed by atoms with E-state index in [0.29, 0.717) is 0 Å². The van der Waals surface area contributed by atoms with Crippen molar-refractivity contribution in [1.29, 1.82) is 0 Å². The molecule has 0 bridgehead atoms. The lowest BCUT2D eigenvalue weighted by molar-refractivity contribution is -0.109. The highest BCUT2D eigenvalue weighted by atomic mass is 35.5. The van der Waals surface area contributed by atoms with Crippen molar-refractivity contribution >= 4 is 28.4 Å². The molecule has 0 saturated heterocycles. The van der Waals surface area contributed by atoms with Crippen LogP contribution in [-0.2, 0) is 4.79 Å². The monoisotopic (exact) mass is 190 g/mol. The van der Waals surface area contributed by atoms with Crippen molar-refractivity contribution < 1.29 is 4.79 Å². The summed E-state index contributed by atoms with van der Waals surface area (Å²) in [5.41, 5.74) is 0. The van der Waals surface area contributed by atoms with Crippen LogP contribution in [-0.4, -0.2) is 11.1 Å². The Hall–Kier alpha value is -0.530. The zero-order valence-corrected chi connectivity index (χ0v) is 7.35. The summed E-state index contributed by atoms with van der Waals surface area (Å²) in [6, 6.07) is 12.0. The second kappa shape index (κ2) is 7.58. The van der Waals surface area contributed by atoms with Gasteiger partial charge in [-0.05, 0) is 11.6 Å². The van der Waals surface area contributed by atoms with E-state index in [9.17, 15) is 4.79 Å². The van der Waals surface area contributed by atoms with Gasteiger partial charge in [0.1, 0.15) is 0 Å². The summed E-state index contributed by atoms with van der Waals surface area (Å²) in [6.07, 6.45) is 0. The van der Waals surface area contributed by atoms with Crippen LogP contribution in [0.15, 0.2) is 36.4 Å². The van der Waals surface area contributed by atoms with E-state index >= 15 is 0 Å². The molecule has 60 valence electrons. The van der Waals surface area contributed by atoms with Crippen LogP contribution in [0.3, 0.4) is 0 Å². The molecule has 0 spiro atoms. The molecular formula is C8H8Cl2O. The van der Waals surface area contributed by atoms with Gasteiger partial charge in [0, 0.05) is 0 Å². The molecule has 11 heavy (non-hydrogen) atoms. The number of halogens is 2. The van der Waals surface area contributed by atoms with Crippen molar-refractivity contribution in [2.24, 2.45) is 0 Å². The predicted molar refractivity (Wildman–Crippen MR) is 48.0 cm³/mol. The van der Waals surface area contributed by atoms with Crippen LogP contribution in [0.1, 0.15) is 0 Å². The molecule has 0 amide bonds. The first kappa shape index (κ1) is 10.5. The first-order valence-electron chi connectivity index (χ1n) is 3.01. The van der Waals surface area contributed by atoms with E-state index in [0.717, 1.165) is 0 Å². The lowest BCUT2D eigenvalue weighted by Crippen LogP contribution is -1.81. The van der Waals surface area contributed by atoms with Gasteiger partial charge in [0.2, 0.25) is 5.24 Å². The SMILES string of the molecule is O=C(Cl)CCl.c1ccccc1. The summed E-state index contributed by atoms with van der Waals surface area (Å²) in [5, 5.41) is -0.508. The number of carbonyl (C=O) groups excluding carboxylic acids is 1. The van der Waals surface area contributed by atoms with Crippen molar-refractivity contribution in [3.05, 3.63) is 36.4 Å². The van der Waals surface area contributed by atoms with Crippen molar-refractivity contribution in [2.75, 3.05) is 5.88 Å². The molecule has 0 saturated carbocycles. The van der Waals surface area contributed by atoms with Gasteiger partial charge < -0.3 is 0 Å². The minimum absolute atomic E-state index is 0.0957. The van der Waals surface area contributed by atoms with E-state index < -0.39 is 5.24 Å². The lowest BCUT2D eigenvalue weighted by Gasteiger charge is -1.69.